The molecule has 2 aromatic carbocycles. The Labute approximate surface area is 159 Å². The van der Waals surface area contributed by atoms with Crippen LogP contribution in [0.5, 0.6) is 0 Å². The van der Waals surface area contributed by atoms with Gasteiger partial charge in [0.25, 0.3) is 5.91 Å². The number of hydrogen-bond donors (Lipinski definition) is 1. The molecule has 27 heavy (non-hydrogen) atoms. The van der Waals surface area contributed by atoms with E-state index in [0.29, 0.717) is 24.2 Å². The van der Waals surface area contributed by atoms with Crippen LogP contribution in [0, 0.1) is 0 Å². The lowest BCUT2D eigenvalue weighted by molar-refractivity contribution is -0.114. The van der Waals surface area contributed by atoms with Gasteiger partial charge in [-0.3, -0.25) is 9.59 Å². The van der Waals surface area contributed by atoms with Crippen LogP contribution in [0.15, 0.2) is 54.6 Å². The van der Waals surface area contributed by atoms with E-state index in [1.807, 2.05) is 30.3 Å². The summed E-state index contributed by atoms with van der Waals surface area (Å²) in [6, 6.07) is 15.8. The number of sulfone groups is 1. The Kier molecular flexibility index (Phi) is 5.60. The van der Waals surface area contributed by atoms with E-state index in [9.17, 15) is 18.0 Å². The summed E-state index contributed by atoms with van der Waals surface area (Å²) in [4.78, 5) is 25.5. The molecule has 1 heterocycles. The Morgan fingerprint density at radius 2 is 1.67 bits per heavy atom. The lowest BCUT2D eigenvalue weighted by Gasteiger charge is -2.20. The molecule has 0 saturated carbocycles. The van der Waals surface area contributed by atoms with E-state index >= 15 is 0 Å². The summed E-state index contributed by atoms with van der Waals surface area (Å²) in [5.74, 6) is -0.436. The van der Waals surface area contributed by atoms with Gasteiger partial charge < -0.3 is 10.2 Å². The van der Waals surface area contributed by atoms with Crippen LogP contribution in [0.25, 0.3) is 0 Å². The predicted octanol–water partition coefficient (Wildman–Crippen LogP) is 2.65. The van der Waals surface area contributed by atoms with Gasteiger partial charge in [-0.05, 0) is 36.2 Å². The first kappa shape index (κ1) is 19.1. The highest BCUT2D eigenvalue weighted by Gasteiger charge is 2.32. The molecule has 0 spiro atoms. The third-order valence-electron chi connectivity index (χ3n) is 4.65. The average Bonchev–Trinajstić information content (AvgIpc) is 2.80. The first-order valence-electron chi connectivity index (χ1n) is 8.80. The summed E-state index contributed by atoms with van der Waals surface area (Å²) in [5.41, 5.74) is 1.85. The second-order valence-electron chi connectivity index (χ2n) is 6.61. The summed E-state index contributed by atoms with van der Waals surface area (Å²) in [6.07, 6.45) is 0.377. The molecule has 1 aliphatic heterocycles. The van der Waals surface area contributed by atoms with E-state index in [-0.39, 0.29) is 24.1 Å². The summed E-state index contributed by atoms with van der Waals surface area (Å²) in [5, 5.41) is 2.07. The molecule has 1 atom stereocenters. The maximum Gasteiger partial charge on any atom is 0.253 e. The number of carbonyl (C=O) groups is 2. The lowest BCUT2D eigenvalue weighted by atomic mass is 10.1. The van der Waals surface area contributed by atoms with Crippen molar-refractivity contribution in [1.82, 2.24) is 4.90 Å². The fraction of sp³-hybridized carbons (Fsp3) is 0.300. The summed E-state index contributed by atoms with van der Waals surface area (Å²) < 4.78 is 25.4. The van der Waals surface area contributed by atoms with Crippen LogP contribution in [0.2, 0.25) is 0 Å². The van der Waals surface area contributed by atoms with Gasteiger partial charge in [0.05, 0.1) is 11.0 Å². The largest absolute Gasteiger partial charge is 0.338 e. The zero-order chi connectivity index (χ0) is 19.4. The number of hydrogen-bond acceptors (Lipinski definition) is 4. The van der Waals surface area contributed by atoms with Crippen LogP contribution in [0.1, 0.15) is 34.5 Å². The fourth-order valence-electron chi connectivity index (χ4n) is 3.27. The lowest BCUT2D eigenvalue weighted by Crippen LogP contribution is -2.33. The third-order valence-corrected chi connectivity index (χ3v) is 6.78. The van der Waals surface area contributed by atoms with Crippen molar-refractivity contribution >= 4 is 27.3 Å². The molecule has 142 valence electrons. The highest BCUT2D eigenvalue weighted by Crippen LogP contribution is 2.29. The van der Waals surface area contributed by atoms with Gasteiger partial charge in [-0.25, -0.2) is 8.42 Å². The van der Waals surface area contributed by atoms with Gasteiger partial charge in [0.15, 0.2) is 9.84 Å². The number of amides is 2. The van der Waals surface area contributed by atoms with E-state index < -0.39 is 15.1 Å². The highest BCUT2D eigenvalue weighted by atomic mass is 32.2. The van der Waals surface area contributed by atoms with Crippen molar-refractivity contribution in [2.75, 3.05) is 24.2 Å². The van der Waals surface area contributed by atoms with Crippen LogP contribution in [-0.4, -0.2) is 44.0 Å². The summed E-state index contributed by atoms with van der Waals surface area (Å²) in [7, 11) is -3.32. The Hall–Kier alpha value is -2.67. The maximum atomic E-state index is 12.8. The first-order valence-corrected chi connectivity index (χ1v) is 10.5. The van der Waals surface area contributed by atoms with Crippen LogP contribution >= 0.6 is 0 Å². The minimum Gasteiger partial charge on any atom is -0.338 e. The van der Waals surface area contributed by atoms with Crippen molar-refractivity contribution < 1.29 is 18.0 Å². The summed E-state index contributed by atoms with van der Waals surface area (Å²) >= 11 is 0. The van der Waals surface area contributed by atoms with Gasteiger partial charge in [-0.15, -0.1) is 0 Å². The number of nitrogens with one attached hydrogen (secondary N) is 1. The van der Waals surface area contributed by atoms with Crippen molar-refractivity contribution in [3.8, 4) is 0 Å². The van der Waals surface area contributed by atoms with Gasteiger partial charge in [0.1, 0.15) is 0 Å². The second-order valence-corrected chi connectivity index (χ2v) is 8.91. The first-order chi connectivity index (χ1) is 12.9. The Morgan fingerprint density at radius 1 is 1.00 bits per heavy atom. The number of nitrogens with zero attached hydrogens (tertiary/aromatic N) is 1. The van der Waals surface area contributed by atoms with Crippen molar-refractivity contribution in [3.63, 3.8) is 0 Å². The van der Waals surface area contributed by atoms with Crippen LogP contribution in [0.4, 0.5) is 5.69 Å². The third kappa shape index (κ3) is 4.54. The Balaban J connectivity index is 1.75. The molecule has 1 fully saturated rings. The smallest absolute Gasteiger partial charge is 0.253 e. The predicted molar refractivity (Wildman–Crippen MR) is 104 cm³/mol. The van der Waals surface area contributed by atoms with Crippen molar-refractivity contribution in [1.29, 1.82) is 0 Å². The maximum absolute atomic E-state index is 12.8. The van der Waals surface area contributed by atoms with Gasteiger partial charge in [-0.2, -0.15) is 0 Å². The van der Waals surface area contributed by atoms with Gasteiger partial charge in [0.2, 0.25) is 5.91 Å². The summed E-state index contributed by atoms with van der Waals surface area (Å²) in [6.45, 7) is 1.98. The van der Waals surface area contributed by atoms with E-state index in [1.165, 1.54) is 6.92 Å². The number of rotatable bonds is 3. The molecule has 0 aliphatic carbocycles. The molecule has 1 N–H and O–H groups in total. The molecule has 3 rings (SSSR count). The fourth-order valence-corrected chi connectivity index (χ4v) is 5.07. The minimum atomic E-state index is -3.32. The second kappa shape index (κ2) is 7.92. The van der Waals surface area contributed by atoms with Gasteiger partial charge in [-0.1, -0.05) is 30.3 Å². The molecule has 0 aromatic heterocycles. The standard InChI is InChI=1S/C20H22N2O4S/c1-15(23)21-18-9-7-17(8-10-18)20(24)22-12-11-19(27(25,26)14-13-22)16-5-3-2-4-6-16/h2-10,19H,11-14H2,1H3,(H,21,23). The zero-order valence-electron chi connectivity index (χ0n) is 15.1. The molecule has 7 heteroatoms. The molecule has 2 amide bonds. The number of anilines is 1. The molecular formula is C20H22N2O4S. The van der Waals surface area contributed by atoms with Gasteiger partial charge in [0, 0.05) is 31.3 Å². The average molecular weight is 386 g/mol. The topological polar surface area (TPSA) is 83.6 Å². The molecule has 1 unspecified atom stereocenters. The molecule has 1 saturated heterocycles. The quantitative estimate of drug-likeness (QED) is 0.879. The molecule has 0 radical (unpaired) electrons. The minimum absolute atomic E-state index is 0.0533. The van der Waals surface area contributed by atoms with E-state index in [0.717, 1.165) is 5.56 Å². The zero-order valence-corrected chi connectivity index (χ0v) is 15.9. The SMILES string of the molecule is CC(=O)Nc1ccc(C(=O)N2CCC(c3ccccc3)S(=O)(=O)CC2)cc1. The van der Waals surface area contributed by atoms with Crippen molar-refractivity contribution in [2.45, 2.75) is 18.6 Å². The van der Waals surface area contributed by atoms with E-state index in [4.69, 9.17) is 0 Å². The van der Waals surface area contributed by atoms with E-state index in [2.05, 4.69) is 5.32 Å². The molecule has 1 aliphatic rings. The highest BCUT2D eigenvalue weighted by molar-refractivity contribution is 7.91. The number of benzene rings is 2. The van der Waals surface area contributed by atoms with Crippen molar-refractivity contribution in [3.05, 3.63) is 65.7 Å². The van der Waals surface area contributed by atoms with Crippen LogP contribution in [-0.2, 0) is 14.6 Å². The number of carbonyl (C=O) groups excluding carboxylic acids is 2. The molecular weight excluding hydrogens is 364 g/mol. The van der Waals surface area contributed by atoms with Crippen LogP contribution in [0.3, 0.4) is 0 Å². The molecule has 0 bridgehead atoms. The Morgan fingerprint density at radius 3 is 2.30 bits per heavy atom. The molecule has 2 aromatic rings. The monoisotopic (exact) mass is 386 g/mol. The van der Waals surface area contributed by atoms with Crippen LogP contribution < -0.4 is 5.32 Å². The Bertz CT molecular complexity index is 924. The van der Waals surface area contributed by atoms with E-state index in [1.54, 1.807) is 29.2 Å². The van der Waals surface area contributed by atoms with Crippen molar-refractivity contribution in [2.24, 2.45) is 0 Å². The molecule has 6 nitrogen and oxygen atoms in total. The normalized spacial score (nSPS) is 19.1. The van der Waals surface area contributed by atoms with Gasteiger partial charge >= 0.3 is 0 Å².